The Kier molecular flexibility index (Phi) is 4.29. The van der Waals surface area contributed by atoms with Crippen molar-refractivity contribution in [3.8, 4) is 11.4 Å². The lowest BCUT2D eigenvalue weighted by Gasteiger charge is -2.10. The zero-order valence-electron chi connectivity index (χ0n) is 10.7. The summed E-state index contributed by atoms with van der Waals surface area (Å²) in [5, 5.41) is 4.14. The second-order valence-corrected chi connectivity index (χ2v) is 4.02. The van der Waals surface area contributed by atoms with Crippen molar-refractivity contribution in [1.82, 2.24) is 9.78 Å². The maximum Gasteiger partial charge on any atom is 0.573 e. The summed E-state index contributed by atoms with van der Waals surface area (Å²) in [5.41, 5.74) is 1.58. The van der Waals surface area contributed by atoms with Crippen LogP contribution >= 0.6 is 0 Å². The van der Waals surface area contributed by atoms with Gasteiger partial charge in [-0.15, -0.1) is 13.2 Å². The third kappa shape index (κ3) is 3.74. The largest absolute Gasteiger partial charge is 0.573 e. The van der Waals surface area contributed by atoms with E-state index in [1.54, 1.807) is 18.0 Å². The molecule has 0 aliphatic rings. The zero-order chi connectivity index (χ0) is 14.6. The van der Waals surface area contributed by atoms with Crippen LogP contribution in [0.15, 0.2) is 36.5 Å². The molecule has 7 heteroatoms. The normalized spacial score (nSPS) is 11.6. The van der Waals surface area contributed by atoms with Crippen molar-refractivity contribution in [2.75, 3.05) is 13.7 Å². The summed E-state index contributed by atoms with van der Waals surface area (Å²) >= 11 is 0. The quantitative estimate of drug-likeness (QED) is 0.848. The summed E-state index contributed by atoms with van der Waals surface area (Å²) in [4.78, 5) is 0. The van der Waals surface area contributed by atoms with Crippen molar-refractivity contribution in [3.05, 3.63) is 42.2 Å². The van der Waals surface area contributed by atoms with Crippen LogP contribution in [0, 0.1) is 0 Å². The predicted octanol–water partition coefficient (Wildman–Crippen LogP) is 2.96. The maximum absolute atomic E-state index is 12.1. The highest BCUT2D eigenvalue weighted by Crippen LogP contribution is 2.23. The fourth-order valence-electron chi connectivity index (χ4n) is 1.75. The van der Waals surface area contributed by atoms with Gasteiger partial charge in [-0.2, -0.15) is 5.10 Å². The van der Waals surface area contributed by atoms with E-state index in [0.29, 0.717) is 18.7 Å². The minimum Gasteiger partial charge on any atom is -0.406 e. The van der Waals surface area contributed by atoms with E-state index in [-0.39, 0.29) is 5.75 Å². The monoisotopic (exact) mass is 286 g/mol. The van der Waals surface area contributed by atoms with Gasteiger partial charge in [0.05, 0.1) is 12.3 Å². The minimum absolute atomic E-state index is 0.258. The molecule has 1 aromatic carbocycles. The number of methoxy groups -OCH3 is 1. The Morgan fingerprint density at radius 2 is 1.85 bits per heavy atom. The Balaban J connectivity index is 2.16. The summed E-state index contributed by atoms with van der Waals surface area (Å²) < 4.78 is 46.7. The highest BCUT2D eigenvalue weighted by molar-refractivity contribution is 5.38. The molecule has 0 amide bonds. The fourth-order valence-corrected chi connectivity index (χ4v) is 1.75. The second-order valence-electron chi connectivity index (χ2n) is 4.02. The Bertz CT molecular complexity index is 549. The molecule has 0 saturated carbocycles. The van der Waals surface area contributed by atoms with Gasteiger partial charge in [0.15, 0.2) is 0 Å². The Hall–Kier alpha value is -2.02. The molecular formula is C13H13F3N2O2. The van der Waals surface area contributed by atoms with Crippen molar-refractivity contribution < 1.29 is 22.6 Å². The fraction of sp³-hybridized carbons (Fsp3) is 0.308. The van der Waals surface area contributed by atoms with Gasteiger partial charge in [-0.3, -0.25) is 0 Å². The van der Waals surface area contributed by atoms with Gasteiger partial charge in [-0.25, -0.2) is 4.68 Å². The molecule has 0 radical (unpaired) electrons. The van der Waals surface area contributed by atoms with E-state index in [1.807, 2.05) is 6.07 Å². The van der Waals surface area contributed by atoms with Crippen LogP contribution in [0.4, 0.5) is 13.2 Å². The molecule has 0 unspecified atom stereocenters. The summed E-state index contributed by atoms with van der Waals surface area (Å²) in [7, 11) is 1.60. The van der Waals surface area contributed by atoms with E-state index in [2.05, 4.69) is 9.84 Å². The second kappa shape index (κ2) is 5.96. The molecule has 0 aliphatic carbocycles. The van der Waals surface area contributed by atoms with Crippen LogP contribution in [0.1, 0.15) is 5.69 Å². The third-order valence-electron chi connectivity index (χ3n) is 2.60. The standard InChI is InChI=1S/C13H13F3N2O2/c1-19-9-7-11-6-8-17-18(11)10-2-4-12(5-3-10)20-13(14,15)16/h2-6,8H,7,9H2,1H3. The van der Waals surface area contributed by atoms with Crippen LogP contribution in [0.25, 0.3) is 5.69 Å². The van der Waals surface area contributed by atoms with Gasteiger partial charge in [0.1, 0.15) is 5.75 Å². The van der Waals surface area contributed by atoms with Crippen LogP contribution in [0.2, 0.25) is 0 Å². The van der Waals surface area contributed by atoms with E-state index in [9.17, 15) is 13.2 Å². The first-order valence-corrected chi connectivity index (χ1v) is 5.87. The molecule has 20 heavy (non-hydrogen) atoms. The Morgan fingerprint density at radius 3 is 2.45 bits per heavy atom. The molecule has 108 valence electrons. The van der Waals surface area contributed by atoms with Gasteiger partial charge in [-0.1, -0.05) is 0 Å². The zero-order valence-corrected chi connectivity index (χ0v) is 10.7. The number of benzene rings is 1. The van der Waals surface area contributed by atoms with Crippen molar-refractivity contribution >= 4 is 0 Å². The first-order chi connectivity index (χ1) is 9.49. The Labute approximate surface area is 113 Å². The summed E-state index contributed by atoms with van der Waals surface area (Å²) in [6, 6.07) is 7.38. The van der Waals surface area contributed by atoms with Crippen molar-refractivity contribution in [1.29, 1.82) is 0 Å². The van der Waals surface area contributed by atoms with Crippen LogP contribution in [-0.2, 0) is 11.2 Å². The summed E-state index contributed by atoms with van der Waals surface area (Å²) in [6.45, 7) is 0.543. The summed E-state index contributed by atoms with van der Waals surface area (Å²) in [5.74, 6) is -0.258. The number of halogens is 3. The minimum atomic E-state index is -4.68. The highest BCUT2D eigenvalue weighted by Gasteiger charge is 2.30. The van der Waals surface area contributed by atoms with Crippen molar-refractivity contribution in [3.63, 3.8) is 0 Å². The van der Waals surface area contributed by atoms with E-state index in [1.165, 1.54) is 24.3 Å². The molecule has 0 saturated heterocycles. The van der Waals surface area contributed by atoms with E-state index >= 15 is 0 Å². The molecule has 1 aromatic heterocycles. The highest BCUT2D eigenvalue weighted by atomic mass is 19.4. The Morgan fingerprint density at radius 1 is 1.15 bits per heavy atom. The molecule has 0 atom stereocenters. The van der Waals surface area contributed by atoms with Gasteiger partial charge in [0, 0.05) is 25.4 Å². The average Bonchev–Trinajstić information content (AvgIpc) is 2.83. The molecule has 0 N–H and O–H groups in total. The molecule has 0 spiro atoms. The maximum atomic E-state index is 12.1. The lowest BCUT2D eigenvalue weighted by Crippen LogP contribution is -2.17. The van der Waals surface area contributed by atoms with E-state index in [4.69, 9.17) is 4.74 Å². The molecule has 1 heterocycles. The van der Waals surface area contributed by atoms with Crippen molar-refractivity contribution in [2.45, 2.75) is 12.8 Å². The number of rotatable bonds is 5. The first-order valence-electron chi connectivity index (χ1n) is 5.87. The lowest BCUT2D eigenvalue weighted by atomic mass is 10.2. The van der Waals surface area contributed by atoms with Gasteiger partial charge < -0.3 is 9.47 Å². The predicted molar refractivity (Wildman–Crippen MR) is 65.8 cm³/mol. The third-order valence-corrected chi connectivity index (χ3v) is 2.60. The number of nitrogens with zero attached hydrogens (tertiary/aromatic N) is 2. The molecule has 4 nitrogen and oxygen atoms in total. The van der Waals surface area contributed by atoms with Gasteiger partial charge in [0.2, 0.25) is 0 Å². The summed E-state index contributed by atoms with van der Waals surface area (Å²) in [6.07, 6.45) is -2.39. The smallest absolute Gasteiger partial charge is 0.406 e. The molecular weight excluding hydrogens is 273 g/mol. The van der Waals surface area contributed by atoms with Gasteiger partial charge in [-0.05, 0) is 30.3 Å². The molecule has 2 aromatic rings. The van der Waals surface area contributed by atoms with Gasteiger partial charge in [0.25, 0.3) is 0 Å². The molecule has 0 aliphatic heterocycles. The van der Waals surface area contributed by atoms with Crippen LogP contribution in [0.5, 0.6) is 5.75 Å². The average molecular weight is 286 g/mol. The number of hydrogen-bond acceptors (Lipinski definition) is 3. The molecule has 0 bridgehead atoms. The first kappa shape index (κ1) is 14.4. The lowest BCUT2D eigenvalue weighted by molar-refractivity contribution is -0.274. The van der Waals surface area contributed by atoms with E-state index < -0.39 is 6.36 Å². The number of alkyl halides is 3. The molecule has 2 rings (SSSR count). The van der Waals surface area contributed by atoms with E-state index in [0.717, 1.165) is 5.69 Å². The van der Waals surface area contributed by atoms with Gasteiger partial charge >= 0.3 is 6.36 Å². The van der Waals surface area contributed by atoms with Crippen molar-refractivity contribution in [2.24, 2.45) is 0 Å². The number of aromatic nitrogens is 2. The van der Waals surface area contributed by atoms with Crippen LogP contribution in [-0.4, -0.2) is 29.9 Å². The number of hydrogen-bond donors (Lipinski definition) is 0. The molecule has 0 fully saturated rings. The SMILES string of the molecule is COCCc1ccnn1-c1ccc(OC(F)(F)F)cc1. The van der Waals surface area contributed by atoms with Crippen LogP contribution < -0.4 is 4.74 Å². The number of ether oxygens (including phenoxy) is 2. The van der Waals surface area contributed by atoms with Crippen LogP contribution in [0.3, 0.4) is 0 Å². The topological polar surface area (TPSA) is 36.3 Å².